The van der Waals surface area contributed by atoms with E-state index in [2.05, 4.69) is 32.1 Å². The number of amides is 2. The third kappa shape index (κ3) is 5.29. The Bertz CT molecular complexity index is 1840. The van der Waals surface area contributed by atoms with Crippen LogP contribution < -0.4 is 21.5 Å². The lowest BCUT2D eigenvalue weighted by Crippen LogP contribution is -2.48. The van der Waals surface area contributed by atoms with Crippen molar-refractivity contribution >= 4 is 57.6 Å². The highest BCUT2D eigenvalue weighted by Crippen LogP contribution is 2.36. The van der Waals surface area contributed by atoms with Crippen molar-refractivity contribution in [2.75, 3.05) is 43.5 Å². The monoisotopic (exact) mass is 626 g/mol. The van der Waals surface area contributed by atoms with Gasteiger partial charge < -0.3 is 34.9 Å². The van der Waals surface area contributed by atoms with Crippen molar-refractivity contribution in [2.45, 2.75) is 18.7 Å². The van der Waals surface area contributed by atoms with Crippen LogP contribution in [-0.4, -0.2) is 86.4 Å². The minimum atomic E-state index is -0.892. The first-order valence-electron chi connectivity index (χ1n) is 13.4. The maximum absolute atomic E-state index is 13.3. The Kier molecular flexibility index (Phi) is 7.50. The molecule has 224 valence electrons. The number of morpholine rings is 1. The van der Waals surface area contributed by atoms with Crippen LogP contribution in [0.3, 0.4) is 0 Å². The molecule has 4 N–H and O–H groups in total. The first kappa shape index (κ1) is 28.9. The Morgan fingerprint density at radius 3 is 2.70 bits per heavy atom. The molecule has 2 aliphatic rings. The van der Waals surface area contributed by atoms with Crippen LogP contribution in [0.15, 0.2) is 41.7 Å². The van der Waals surface area contributed by atoms with Gasteiger partial charge in [0.15, 0.2) is 0 Å². The Labute approximate surface area is 255 Å². The van der Waals surface area contributed by atoms with Gasteiger partial charge in [-0.05, 0) is 24.7 Å². The molecule has 1 aromatic carbocycles. The van der Waals surface area contributed by atoms with Gasteiger partial charge in [0.2, 0.25) is 5.91 Å². The van der Waals surface area contributed by atoms with E-state index < -0.39 is 17.6 Å². The average molecular weight is 627 g/mol. The van der Waals surface area contributed by atoms with E-state index in [1.807, 2.05) is 0 Å². The van der Waals surface area contributed by atoms with E-state index in [0.29, 0.717) is 35.8 Å². The van der Waals surface area contributed by atoms with E-state index >= 15 is 0 Å². The molecule has 3 aromatic heterocycles. The van der Waals surface area contributed by atoms with Gasteiger partial charge in [0.25, 0.3) is 11.5 Å². The summed E-state index contributed by atoms with van der Waals surface area (Å²) in [4.78, 5) is 51.7. The SMILES string of the molecule is CN1CCOC2CN(c3cc(NC(=O)Cn4cc(-c5cc(Cl)c(O)c(C(N)=O)c5)c5c(=O)n(C)cnc54)c(Cl)cn3)CC21. The van der Waals surface area contributed by atoms with E-state index in [4.69, 9.17) is 33.7 Å². The number of hydrogen-bond donors (Lipinski definition) is 3. The fourth-order valence-electron chi connectivity index (χ4n) is 5.63. The van der Waals surface area contributed by atoms with E-state index in [1.54, 1.807) is 19.3 Å². The van der Waals surface area contributed by atoms with Crippen LogP contribution in [0.2, 0.25) is 10.0 Å². The van der Waals surface area contributed by atoms with Gasteiger partial charge >= 0.3 is 0 Å². The zero-order chi connectivity index (χ0) is 30.6. The summed E-state index contributed by atoms with van der Waals surface area (Å²) in [6, 6.07) is 4.73. The molecule has 43 heavy (non-hydrogen) atoms. The number of aryl methyl sites for hydroxylation is 1. The van der Waals surface area contributed by atoms with Crippen molar-refractivity contribution in [3.63, 3.8) is 0 Å². The first-order chi connectivity index (χ1) is 20.5. The molecule has 5 heterocycles. The maximum Gasteiger partial charge on any atom is 0.263 e. The number of fused-ring (bicyclic) bond motifs is 2. The standard InChI is InChI=1S/C28H28Cl2N8O5/c1-35-3-4-43-21-11-37(10-20(21)35)22-7-19(18(30)8-32-22)34-23(39)12-38-9-16(24-27(38)33-13-36(2)28(24)42)14-5-15(26(31)41)25(40)17(29)6-14/h5-9,13,20-21,40H,3-4,10-12H2,1-2H3,(H2,31,41)(H,32,34,39). The molecule has 0 saturated carbocycles. The van der Waals surface area contributed by atoms with Crippen molar-refractivity contribution in [1.29, 1.82) is 0 Å². The molecular formula is C28H28Cl2N8O5. The molecule has 2 atom stereocenters. The lowest BCUT2D eigenvalue weighted by molar-refractivity contribution is -0.116. The molecule has 2 amide bonds. The fraction of sp³-hybridized carbons (Fsp3) is 0.321. The lowest BCUT2D eigenvalue weighted by Gasteiger charge is -2.33. The molecule has 0 radical (unpaired) electrons. The topological polar surface area (TPSA) is 161 Å². The maximum atomic E-state index is 13.3. The van der Waals surface area contributed by atoms with E-state index in [-0.39, 0.29) is 50.9 Å². The Morgan fingerprint density at radius 2 is 1.95 bits per heavy atom. The summed E-state index contributed by atoms with van der Waals surface area (Å²) in [6.45, 7) is 2.75. The zero-order valence-electron chi connectivity index (χ0n) is 23.3. The van der Waals surface area contributed by atoms with Crippen LogP contribution in [0.1, 0.15) is 10.4 Å². The average Bonchev–Trinajstić information content (AvgIpc) is 3.56. The summed E-state index contributed by atoms with van der Waals surface area (Å²) >= 11 is 12.6. The van der Waals surface area contributed by atoms with Crippen molar-refractivity contribution in [1.82, 2.24) is 24.0 Å². The molecule has 0 spiro atoms. The van der Waals surface area contributed by atoms with Gasteiger partial charge in [0, 0.05) is 44.5 Å². The van der Waals surface area contributed by atoms with E-state index in [1.165, 1.54) is 33.8 Å². The van der Waals surface area contributed by atoms with Crippen molar-refractivity contribution < 1.29 is 19.4 Å². The summed E-state index contributed by atoms with van der Waals surface area (Å²) in [6.07, 6.45) is 4.49. The number of aromatic nitrogens is 4. The Balaban J connectivity index is 1.30. The number of rotatable bonds is 6. The molecule has 2 saturated heterocycles. The van der Waals surface area contributed by atoms with Gasteiger partial charge in [-0.2, -0.15) is 0 Å². The highest BCUT2D eigenvalue weighted by atomic mass is 35.5. The van der Waals surface area contributed by atoms with Crippen LogP contribution in [-0.2, 0) is 23.1 Å². The van der Waals surface area contributed by atoms with Crippen molar-refractivity contribution in [3.05, 3.63) is 62.9 Å². The number of carbonyl (C=O) groups excluding carboxylic acids is 2. The minimum absolute atomic E-state index is 0.0770. The van der Waals surface area contributed by atoms with E-state index in [0.717, 1.165) is 13.1 Å². The number of aromatic hydroxyl groups is 1. The summed E-state index contributed by atoms with van der Waals surface area (Å²) < 4.78 is 8.75. The van der Waals surface area contributed by atoms with Gasteiger partial charge in [-0.3, -0.25) is 19.3 Å². The molecule has 0 aliphatic carbocycles. The Morgan fingerprint density at radius 1 is 1.16 bits per heavy atom. The van der Waals surface area contributed by atoms with Gasteiger partial charge in [-0.1, -0.05) is 23.2 Å². The number of halogens is 2. The van der Waals surface area contributed by atoms with Crippen LogP contribution in [0.4, 0.5) is 11.5 Å². The minimum Gasteiger partial charge on any atom is -0.506 e. The second-order valence-electron chi connectivity index (χ2n) is 10.7. The van der Waals surface area contributed by atoms with E-state index in [9.17, 15) is 19.5 Å². The Hall–Kier alpha value is -4.17. The molecule has 2 fully saturated rings. The number of hydrogen-bond acceptors (Lipinski definition) is 9. The number of ether oxygens (including phenoxy) is 1. The van der Waals surface area contributed by atoms with Crippen LogP contribution in [0.25, 0.3) is 22.2 Å². The summed E-state index contributed by atoms with van der Waals surface area (Å²) in [7, 11) is 3.63. The number of pyridine rings is 1. The molecule has 13 nitrogen and oxygen atoms in total. The third-order valence-corrected chi connectivity index (χ3v) is 8.50. The second-order valence-corrected chi connectivity index (χ2v) is 11.5. The lowest BCUT2D eigenvalue weighted by atomic mass is 10.0. The molecule has 4 aromatic rings. The smallest absolute Gasteiger partial charge is 0.263 e. The molecule has 6 rings (SSSR count). The summed E-state index contributed by atoms with van der Waals surface area (Å²) in [5, 5.41) is 13.4. The van der Waals surface area contributed by atoms with Crippen LogP contribution in [0.5, 0.6) is 5.75 Å². The predicted octanol–water partition coefficient (Wildman–Crippen LogP) is 2.07. The predicted molar refractivity (Wildman–Crippen MR) is 162 cm³/mol. The fourth-order valence-corrected chi connectivity index (χ4v) is 6.00. The molecule has 15 heteroatoms. The van der Waals surface area contributed by atoms with Gasteiger partial charge in [0.05, 0.1) is 58.0 Å². The van der Waals surface area contributed by atoms with Crippen LogP contribution >= 0.6 is 23.2 Å². The first-order valence-corrected chi connectivity index (χ1v) is 14.2. The number of likely N-dealkylation sites (N-methyl/N-ethyl adjacent to an activating group) is 1. The van der Waals surface area contributed by atoms with Crippen molar-refractivity contribution in [3.8, 4) is 16.9 Å². The highest BCUT2D eigenvalue weighted by molar-refractivity contribution is 6.34. The van der Waals surface area contributed by atoms with Gasteiger partial charge in [0.1, 0.15) is 23.8 Å². The molecular weight excluding hydrogens is 599 g/mol. The second kappa shape index (κ2) is 11.2. The normalized spacial score (nSPS) is 18.7. The number of nitrogens with two attached hydrogens (primary N) is 1. The highest BCUT2D eigenvalue weighted by Gasteiger charge is 2.39. The summed E-state index contributed by atoms with van der Waals surface area (Å²) in [5.41, 5.74) is 6.15. The molecule has 2 unspecified atom stereocenters. The number of nitrogens with zero attached hydrogens (tertiary/aromatic N) is 6. The summed E-state index contributed by atoms with van der Waals surface area (Å²) in [5.74, 6) is -1.12. The third-order valence-electron chi connectivity index (χ3n) is 7.91. The number of nitrogens with one attached hydrogen (secondary N) is 1. The van der Waals surface area contributed by atoms with Crippen LogP contribution in [0, 0.1) is 0 Å². The molecule has 2 aliphatic heterocycles. The number of primary amides is 1. The number of carbonyl (C=O) groups is 2. The van der Waals surface area contributed by atoms with Gasteiger partial charge in [-0.15, -0.1) is 0 Å². The number of anilines is 2. The number of benzene rings is 1. The largest absolute Gasteiger partial charge is 0.506 e. The quantitative estimate of drug-likeness (QED) is 0.291. The molecule has 0 bridgehead atoms. The van der Waals surface area contributed by atoms with Crippen molar-refractivity contribution in [2.24, 2.45) is 12.8 Å². The zero-order valence-corrected chi connectivity index (χ0v) is 24.8. The number of phenols is 1. The van der Waals surface area contributed by atoms with Gasteiger partial charge in [-0.25, -0.2) is 9.97 Å².